The van der Waals surface area contributed by atoms with E-state index in [0.717, 1.165) is 18.4 Å². The van der Waals surface area contributed by atoms with Crippen molar-refractivity contribution in [1.29, 1.82) is 0 Å². The highest BCUT2D eigenvalue weighted by Gasteiger charge is 2.20. The molecule has 3 N–H and O–H groups in total. The van der Waals surface area contributed by atoms with Crippen molar-refractivity contribution in [3.05, 3.63) is 29.3 Å². The van der Waals surface area contributed by atoms with Crippen molar-refractivity contribution < 1.29 is 21.9 Å². The Balaban J connectivity index is 0.00000420. The normalized spacial score (nSPS) is 14.9. The lowest BCUT2D eigenvalue weighted by molar-refractivity contribution is -0.0504. The SMILES string of the molecule is CN=C(NCCS(=O)(=O)NCC1CCC1)NCc1cc(C)ccc1OC(F)F.I. The summed E-state index contributed by atoms with van der Waals surface area (Å²) in [6.45, 7) is -0.180. The summed E-state index contributed by atoms with van der Waals surface area (Å²) < 4.78 is 56.3. The average Bonchev–Trinajstić information content (AvgIpc) is 2.58. The topological polar surface area (TPSA) is 91.8 Å². The maximum atomic E-state index is 12.5. The van der Waals surface area contributed by atoms with E-state index in [2.05, 4.69) is 25.1 Å². The van der Waals surface area contributed by atoms with Gasteiger partial charge < -0.3 is 15.4 Å². The van der Waals surface area contributed by atoms with Crippen molar-refractivity contribution >= 4 is 40.0 Å². The quantitative estimate of drug-likeness (QED) is 0.239. The van der Waals surface area contributed by atoms with Crippen LogP contribution >= 0.6 is 24.0 Å². The van der Waals surface area contributed by atoms with Crippen molar-refractivity contribution in [2.45, 2.75) is 39.3 Å². The Bertz CT molecular complexity index is 774. The molecule has 1 fully saturated rings. The molecule has 1 aromatic rings. The Kier molecular flexibility index (Phi) is 11.1. The van der Waals surface area contributed by atoms with E-state index in [9.17, 15) is 17.2 Å². The molecule has 0 aliphatic heterocycles. The number of sulfonamides is 1. The summed E-state index contributed by atoms with van der Waals surface area (Å²) in [7, 11) is -1.80. The fourth-order valence-corrected chi connectivity index (χ4v) is 3.78. The number of alkyl halides is 2. The van der Waals surface area contributed by atoms with Gasteiger partial charge in [0.05, 0.1) is 5.75 Å². The first-order valence-corrected chi connectivity index (χ1v) is 10.9. The van der Waals surface area contributed by atoms with E-state index in [1.54, 1.807) is 19.2 Å². The minimum atomic E-state index is -3.35. The second-order valence-corrected chi connectivity index (χ2v) is 8.73. The van der Waals surface area contributed by atoms with Gasteiger partial charge in [0.2, 0.25) is 10.0 Å². The molecule has 1 aromatic carbocycles. The smallest absolute Gasteiger partial charge is 0.387 e. The lowest BCUT2D eigenvalue weighted by Gasteiger charge is -2.25. The van der Waals surface area contributed by atoms with Gasteiger partial charge in [-0.2, -0.15) is 8.78 Å². The minimum Gasteiger partial charge on any atom is -0.434 e. The predicted molar refractivity (Wildman–Crippen MR) is 121 cm³/mol. The number of aliphatic imine (C=N–C) groups is 1. The molecule has 1 saturated carbocycles. The molecule has 0 saturated heterocycles. The van der Waals surface area contributed by atoms with E-state index < -0.39 is 16.6 Å². The maximum Gasteiger partial charge on any atom is 0.387 e. The third-order valence-corrected chi connectivity index (χ3v) is 5.93. The Morgan fingerprint density at radius 1 is 1.31 bits per heavy atom. The molecule has 2 rings (SSSR count). The second-order valence-electron chi connectivity index (χ2n) is 6.81. The highest BCUT2D eigenvalue weighted by molar-refractivity contribution is 14.0. The van der Waals surface area contributed by atoms with Crippen LogP contribution in [-0.4, -0.2) is 46.9 Å². The van der Waals surface area contributed by atoms with E-state index in [0.29, 0.717) is 24.0 Å². The van der Waals surface area contributed by atoms with E-state index in [4.69, 9.17) is 0 Å². The van der Waals surface area contributed by atoms with Gasteiger partial charge >= 0.3 is 6.61 Å². The Morgan fingerprint density at radius 2 is 2.03 bits per heavy atom. The molecular formula is C18H29F2IN4O3S. The molecule has 1 aliphatic carbocycles. The number of rotatable bonds is 10. The first-order chi connectivity index (χ1) is 13.3. The molecular weight excluding hydrogens is 517 g/mol. The van der Waals surface area contributed by atoms with E-state index in [1.165, 1.54) is 12.5 Å². The Hall–Kier alpha value is -1.21. The number of guanidine groups is 1. The van der Waals surface area contributed by atoms with Crippen LogP contribution in [0.5, 0.6) is 5.75 Å². The van der Waals surface area contributed by atoms with Gasteiger partial charge in [-0.3, -0.25) is 4.99 Å². The zero-order valence-corrected chi connectivity index (χ0v) is 19.7. The minimum absolute atomic E-state index is 0. The fourth-order valence-electron chi connectivity index (χ4n) is 2.77. The lowest BCUT2D eigenvalue weighted by Crippen LogP contribution is -2.41. The summed E-state index contributed by atoms with van der Waals surface area (Å²) in [6.07, 6.45) is 3.32. The van der Waals surface area contributed by atoms with Crippen molar-refractivity contribution in [2.75, 3.05) is 25.9 Å². The zero-order valence-electron chi connectivity index (χ0n) is 16.6. The summed E-state index contributed by atoms with van der Waals surface area (Å²) in [5, 5.41) is 5.90. The van der Waals surface area contributed by atoms with Crippen molar-refractivity contribution in [1.82, 2.24) is 15.4 Å². The van der Waals surface area contributed by atoms with Crippen LogP contribution in [0.3, 0.4) is 0 Å². The molecule has 166 valence electrons. The highest BCUT2D eigenvalue weighted by Crippen LogP contribution is 2.25. The van der Waals surface area contributed by atoms with Crippen molar-refractivity contribution in [3.8, 4) is 5.75 Å². The molecule has 0 aromatic heterocycles. The van der Waals surface area contributed by atoms with Crippen LogP contribution in [-0.2, 0) is 16.6 Å². The standard InChI is InChI=1S/C18H28F2N4O3S.HI/c1-13-6-7-16(27-17(19)20)15(10-13)12-23-18(21-2)22-8-9-28(25,26)24-11-14-4-3-5-14;/h6-7,10,14,17,24H,3-5,8-9,11-12H2,1-2H3,(H2,21,22,23);1H. The number of nitrogens with one attached hydrogen (secondary N) is 3. The molecule has 0 unspecified atom stereocenters. The molecule has 0 amide bonds. The van der Waals surface area contributed by atoms with Gasteiger partial charge in [-0.1, -0.05) is 24.1 Å². The molecule has 29 heavy (non-hydrogen) atoms. The van der Waals surface area contributed by atoms with Gasteiger partial charge in [-0.25, -0.2) is 13.1 Å². The third-order valence-electron chi connectivity index (χ3n) is 4.58. The highest BCUT2D eigenvalue weighted by atomic mass is 127. The average molecular weight is 546 g/mol. The summed E-state index contributed by atoms with van der Waals surface area (Å²) in [6, 6.07) is 4.93. The number of nitrogens with zero attached hydrogens (tertiary/aromatic N) is 1. The lowest BCUT2D eigenvalue weighted by atomic mass is 9.86. The number of hydrogen-bond donors (Lipinski definition) is 3. The van der Waals surface area contributed by atoms with E-state index in [1.807, 2.05) is 6.92 Å². The third kappa shape index (κ3) is 9.43. The van der Waals surface area contributed by atoms with Gasteiger partial charge in [0.15, 0.2) is 5.96 Å². The predicted octanol–water partition coefficient (Wildman–Crippen LogP) is 2.60. The second kappa shape index (κ2) is 12.5. The van der Waals surface area contributed by atoms with Crippen molar-refractivity contribution in [2.24, 2.45) is 10.9 Å². The summed E-state index contributed by atoms with van der Waals surface area (Å²) in [5.74, 6) is 0.839. The van der Waals surface area contributed by atoms with Crippen LogP contribution < -0.4 is 20.1 Å². The first-order valence-electron chi connectivity index (χ1n) is 9.25. The van der Waals surface area contributed by atoms with E-state index in [-0.39, 0.29) is 48.6 Å². The fraction of sp³-hybridized carbons (Fsp3) is 0.611. The van der Waals surface area contributed by atoms with Gasteiger partial charge in [0.25, 0.3) is 0 Å². The van der Waals surface area contributed by atoms with Crippen molar-refractivity contribution in [3.63, 3.8) is 0 Å². The largest absolute Gasteiger partial charge is 0.434 e. The number of hydrogen-bond acceptors (Lipinski definition) is 4. The zero-order chi connectivity index (χ0) is 20.6. The van der Waals surface area contributed by atoms with Gasteiger partial charge in [0, 0.05) is 32.2 Å². The van der Waals surface area contributed by atoms with Crippen LogP contribution in [0.4, 0.5) is 8.78 Å². The Morgan fingerprint density at radius 3 is 2.62 bits per heavy atom. The molecule has 1 aliphatic rings. The van der Waals surface area contributed by atoms with Gasteiger partial charge in [0.1, 0.15) is 5.75 Å². The van der Waals surface area contributed by atoms with Crippen LogP contribution in [0, 0.1) is 12.8 Å². The van der Waals surface area contributed by atoms with Crippen LogP contribution in [0.1, 0.15) is 30.4 Å². The molecule has 0 bridgehead atoms. The molecule has 0 radical (unpaired) electrons. The molecule has 7 nitrogen and oxygen atoms in total. The molecule has 11 heteroatoms. The monoisotopic (exact) mass is 546 g/mol. The Labute approximate surface area is 188 Å². The molecule has 0 heterocycles. The number of halogens is 3. The summed E-state index contributed by atoms with van der Waals surface area (Å²) in [4.78, 5) is 4.02. The van der Waals surface area contributed by atoms with Gasteiger partial charge in [-0.05, 0) is 31.7 Å². The van der Waals surface area contributed by atoms with Crippen LogP contribution in [0.25, 0.3) is 0 Å². The van der Waals surface area contributed by atoms with Crippen LogP contribution in [0.2, 0.25) is 0 Å². The summed E-state index contributed by atoms with van der Waals surface area (Å²) >= 11 is 0. The first kappa shape index (κ1) is 25.8. The van der Waals surface area contributed by atoms with Crippen LogP contribution in [0.15, 0.2) is 23.2 Å². The summed E-state index contributed by atoms with van der Waals surface area (Å²) in [5.41, 5.74) is 1.46. The number of ether oxygens (including phenoxy) is 1. The number of benzene rings is 1. The maximum absolute atomic E-state index is 12.5. The van der Waals surface area contributed by atoms with Gasteiger partial charge in [-0.15, -0.1) is 24.0 Å². The molecule has 0 spiro atoms. The van der Waals surface area contributed by atoms with E-state index >= 15 is 0 Å². The number of aryl methyl sites for hydroxylation is 1. The molecule has 0 atom stereocenters.